The largest absolute Gasteiger partial charge is 0.425 e. The molecule has 1 amide bonds. The molecule has 1 atom stereocenters. The lowest BCUT2D eigenvalue weighted by atomic mass is 10.1. The Morgan fingerprint density at radius 2 is 1.71 bits per heavy atom. The predicted molar refractivity (Wildman–Crippen MR) is 83.7 cm³/mol. The Hall–Kier alpha value is -2.48. The van der Waals surface area contributed by atoms with Crippen LogP contribution in [0.3, 0.4) is 0 Å². The van der Waals surface area contributed by atoms with E-state index in [2.05, 4.69) is 10.3 Å². The van der Waals surface area contributed by atoms with Gasteiger partial charge in [0.2, 0.25) is 4.87 Å². The van der Waals surface area contributed by atoms with Gasteiger partial charge < -0.3 is 5.32 Å². The van der Waals surface area contributed by atoms with Gasteiger partial charge in [0.25, 0.3) is 0 Å². The molecule has 0 saturated carbocycles. The summed E-state index contributed by atoms with van der Waals surface area (Å²) >= 11 is 0.489. The van der Waals surface area contributed by atoms with E-state index in [9.17, 15) is 18.0 Å². The lowest BCUT2D eigenvalue weighted by molar-refractivity contribution is -0.167. The maximum absolute atomic E-state index is 13.9. The van der Waals surface area contributed by atoms with E-state index in [1.165, 1.54) is 28.8 Å². The maximum atomic E-state index is 13.9. The Labute approximate surface area is 138 Å². The first-order valence-electron chi connectivity index (χ1n) is 7.04. The highest BCUT2D eigenvalue weighted by atomic mass is 32.2. The van der Waals surface area contributed by atoms with Crippen LogP contribution in [0.4, 0.5) is 18.0 Å². The molecule has 122 valence electrons. The fourth-order valence-corrected chi connectivity index (χ4v) is 3.93. The van der Waals surface area contributed by atoms with Crippen LogP contribution in [0.5, 0.6) is 0 Å². The second-order valence-corrected chi connectivity index (χ2v) is 6.48. The summed E-state index contributed by atoms with van der Waals surface area (Å²) in [7, 11) is 0. The molecule has 0 radical (unpaired) electrons. The van der Waals surface area contributed by atoms with E-state index in [4.69, 9.17) is 0 Å². The number of hydrogen-bond donors (Lipinski definition) is 1. The first-order valence-corrected chi connectivity index (χ1v) is 7.85. The zero-order valence-corrected chi connectivity index (χ0v) is 12.9. The van der Waals surface area contributed by atoms with Gasteiger partial charge in [-0.1, -0.05) is 42.5 Å². The quantitative estimate of drug-likeness (QED) is 0.719. The molecule has 0 fully saturated rings. The Balaban J connectivity index is 1.95. The molecular formula is C16H10F3N3OS. The third-order valence-electron chi connectivity index (χ3n) is 3.84. The van der Waals surface area contributed by atoms with Gasteiger partial charge in [-0.2, -0.15) is 13.2 Å². The van der Waals surface area contributed by atoms with E-state index < -0.39 is 17.1 Å². The zero-order valence-electron chi connectivity index (χ0n) is 12.0. The summed E-state index contributed by atoms with van der Waals surface area (Å²) in [5.74, 6) is 0. The molecule has 0 spiro atoms. The number of aromatic nitrogens is 2. The average Bonchev–Trinajstić information content (AvgIpc) is 2.93. The van der Waals surface area contributed by atoms with Crippen molar-refractivity contribution in [1.82, 2.24) is 14.9 Å². The molecule has 0 bridgehead atoms. The molecule has 0 unspecified atom stereocenters. The SMILES string of the molecule is O=C1N[C@@](c2ccccc2)(C(F)(F)F)Sc2nc3ccccc3n21. The molecule has 1 N–H and O–H groups in total. The number of carbonyl (C=O) groups is 1. The van der Waals surface area contributed by atoms with Crippen molar-refractivity contribution in [3.8, 4) is 0 Å². The molecule has 8 heteroatoms. The van der Waals surface area contributed by atoms with Gasteiger partial charge in [-0.25, -0.2) is 14.3 Å². The first-order chi connectivity index (χ1) is 11.4. The number of halogens is 3. The predicted octanol–water partition coefficient (Wildman–Crippen LogP) is 4.12. The van der Waals surface area contributed by atoms with Crippen LogP contribution in [0.2, 0.25) is 0 Å². The van der Waals surface area contributed by atoms with E-state index in [0.29, 0.717) is 22.8 Å². The van der Waals surface area contributed by atoms with Crippen LogP contribution in [0.15, 0.2) is 59.8 Å². The van der Waals surface area contributed by atoms with Gasteiger partial charge in [-0.15, -0.1) is 0 Å². The number of carbonyl (C=O) groups excluding carboxylic acids is 1. The van der Waals surface area contributed by atoms with Crippen molar-refractivity contribution in [2.45, 2.75) is 16.2 Å². The maximum Gasteiger partial charge on any atom is 0.425 e. The van der Waals surface area contributed by atoms with Crippen molar-refractivity contribution < 1.29 is 18.0 Å². The molecule has 0 saturated heterocycles. The number of thioether (sulfide) groups is 1. The minimum absolute atomic E-state index is 0.0149. The second-order valence-electron chi connectivity index (χ2n) is 5.30. The molecule has 1 aliphatic heterocycles. The van der Waals surface area contributed by atoms with E-state index in [-0.39, 0.29) is 10.7 Å². The number of rotatable bonds is 1. The summed E-state index contributed by atoms with van der Waals surface area (Å²) in [5.41, 5.74) is 0.900. The molecular weight excluding hydrogens is 339 g/mol. The Morgan fingerprint density at radius 1 is 1.04 bits per heavy atom. The highest BCUT2D eigenvalue weighted by Crippen LogP contribution is 2.52. The monoisotopic (exact) mass is 349 g/mol. The summed E-state index contributed by atoms with van der Waals surface area (Å²) < 4.78 is 43.0. The highest BCUT2D eigenvalue weighted by Gasteiger charge is 2.61. The molecule has 2 heterocycles. The first kappa shape index (κ1) is 15.1. The molecule has 1 aromatic heterocycles. The molecule has 24 heavy (non-hydrogen) atoms. The standard InChI is InChI=1S/C16H10F3N3OS/c17-16(18,19)15(10-6-2-1-3-7-10)21-13(23)22-12-9-5-4-8-11(12)20-14(22)24-15/h1-9H,(H,21,23)/t15-/m1/s1. The van der Waals surface area contributed by atoms with Gasteiger partial charge in [-0.05, 0) is 29.5 Å². The van der Waals surface area contributed by atoms with E-state index in [0.717, 1.165) is 0 Å². The molecule has 4 rings (SSSR count). The van der Waals surface area contributed by atoms with Gasteiger partial charge in [0, 0.05) is 0 Å². The van der Waals surface area contributed by atoms with Crippen LogP contribution in [-0.2, 0) is 4.87 Å². The van der Waals surface area contributed by atoms with E-state index in [1.54, 1.807) is 30.3 Å². The third-order valence-corrected chi connectivity index (χ3v) is 5.17. The van der Waals surface area contributed by atoms with Crippen LogP contribution < -0.4 is 5.32 Å². The summed E-state index contributed by atoms with van der Waals surface area (Å²) in [4.78, 5) is 14.1. The third kappa shape index (κ3) is 2.02. The summed E-state index contributed by atoms with van der Waals surface area (Å²) in [6.45, 7) is 0. The van der Waals surface area contributed by atoms with Crippen molar-refractivity contribution in [2.75, 3.05) is 0 Å². The van der Waals surface area contributed by atoms with E-state index >= 15 is 0 Å². The van der Waals surface area contributed by atoms with Gasteiger partial charge in [0.15, 0.2) is 5.16 Å². The van der Waals surface area contributed by atoms with Gasteiger partial charge >= 0.3 is 12.2 Å². The number of alkyl halides is 3. The van der Waals surface area contributed by atoms with Crippen LogP contribution in [-0.4, -0.2) is 21.8 Å². The average molecular weight is 349 g/mol. The smallest absolute Gasteiger partial charge is 0.311 e. The van der Waals surface area contributed by atoms with Crippen molar-refractivity contribution in [1.29, 1.82) is 0 Å². The fourth-order valence-electron chi connectivity index (χ4n) is 2.73. The lowest BCUT2D eigenvalue weighted by Crippen LogP contribution is -2.57. The lowest BCUT2D eigenvalue weighted by Gasteiger charge is -2.38. The van der Waals surface area contributed by atoms with Gasteiger partial charge in [0.1, 0.15) is 0 Å². The minimum Gasteiger partial charge on any atom is -0.311 e. The topological polar surface area (TPSA) is 46.9 Å². The van der Waals surface area contributed by atoms with Crippen LogP contribution >= 0.6 is 11.8 Å². The molecule has 2 aromatic carbocycles. The van der Waals surface area contributed by atoms with Crippen molar-refractivity contribution in [3.63, 3.8) is 0 Å². The fraction of sp³-hybridized carbons (Fsp3) is 0.125. The van der Waals surface area contributed by atoms with Gasteiger partial charge in [-0.3, -0.25) is 0 Å². The number of para-hydroxylation sites is 2. The van der Waals surface area contributed by atoms with Crippen LogP contribution in [0.25, 0.3) is 11.0 Å². The summed E-state index contributed by atoms with van der Waals surface area (Å²) in [6.07, 6.45) is -4.70. The number of hydrogen-bond acceptors (Lipinski definition) is 3. The highest BCUT2D eigenvalue weighted by molar-refractivity contribution is 8.00. The minimum atomic E-state index is -4.70. The normalized spacial score (nSPS) is 20.7. The molecule has 4 nitrogen and oxygen atoms in total. The van der Waals surface area contributed by atoms with Crippen molar-refractivity contribution >= 4 is 28.8 Å². The Bertz CT molecular complexity index is 939. The van der Waals surface area contributed by atoms with Gasteiger partial charge in [0.05, 0.1) is 11.0 Å². The number of fused-ring (bicyclic) bond motifs is 3. The number of imidazole rings is 1. The van der Waals surface area contributed by atoms with Crippen molar-refractivity contribution in [3.05, 3.63) is 60.2 Å². The van der Waals surface area contributed by atoms with E-state index in [1.807, 2.05) is 0 Å². The second kappa shape index (κ2) is 5.01. The number of nitrogens with one attached hydrogen (secondary N) is 1. The number of amides is 1. The number of nitrogens with zero attached hydrogens (tertiary/aromatic N) is 2. The zero-order chi connectivity index (χ0) is 16.9. The Morgan fingerprint density at radius 3 is 2.42 bits per heavy atom. The Kier molecular flexibility index (Phi) is 3.14. The molecule has 3 aromatic rings. The molecule has 1 aliphatic rings. The molecule has 0 aliphatic carbocycles. The number of benzene rings is 2. The summed E-state index contributed by atoms with van der Waals surface area (Å²) in [5, 5.41) is 2.16. The summed E-state index contributed by atoms with van der Waals surface area (Å²) in [6, 6.07) is 13.2. The van der Waals surface area contributed by atoms with Crippen LogP contribution in [0.1, 0.15) is 5.56 Å². The van der Waals surface area contributed by atoms with Crippen molar-refractivity contribution in [2.24, 2.45) is 0 Å². The van der Waals surface area contributed by atoms with Crippen LogP contribution in [0, 0.1) is 0 Å².